The molecule has 1 aromatic carbocycles. The molecule has 17 heavy (non-hydrogen) atoms. The summed E-state index contributed by atoms with van der Waals surface area (Å²) in [5.74, 6) is -1.11. The number of halogens is 2. The zero-order chi connectivity index (χ0) is 12.4. The molecule has 0 fully saturated rings. The first kappa shape index (κ1) is 11.6. The Hall–Kier alpha value is -1.91. The van der Waals surface area contributed by atoms with Crippen LogP contribution in [0.3, 0.4) is 0 Å². The van der Waals surface area contributed by atoms with Gasteiger partial charge in [0.25, 0.3) is 0 Å². The van der Waals surface area contributed by atoms with Crippen LogP contribution in [0.15, 0.2) is 18.2 Å². The Morgan fingerprint density at radius 1 is 1.29 bits per heavy atom. The smallest absolute Gasteiger partial charge is 0.131 e. The molecule has 0 aliphatic heterocycles. The number of aromatic amines is 1. The Balaban J connectivity index is 2.13. The minimum Gasteiger partial charge on any atom is -0.378 e. The van der Waals surface area contributed by atoms with Crippen molar-refractivity contribution < 1.29 is 8.78 Å². The molecule has 1 aromatic heterocycles. The van der Waals surface area contributed by atoms with E-state index in [1.54, 1.807) is 0 Å². The average Bonchev–Trinajstić information content (AvgIpc) is 2.58. The summed E-state index contributed by atoms with van der Waals surface area (Å²) in [7, 11) is 0. The van der Waals surface area contributed by atoms with Gasteiger partial charge in [0.15, 0.2) is 0 Å². The third kappa shape index (κ3) is 2.43. The van der Waals surface area contributed by atoms with Gasteiger partial charge in [-0.1, -0.05) is 6.07 Å². The van der Waals surface area contributed by atoms with Crippen molar-refractivity contribution in [3.05, 3.63) is 46.8 Å². The van der Waals surface area contributed by atoms with E-state index in [-0.39, 0.29) is 0 Å². The molecule has 0 saturated heterocycles. The average molecular weight is 237 g/mol. The van der Waals surface area contributed by atoms with Crippen molar-refractivity contribution in [2.45, 2.75) is 20.4 Å². The highest BCUT2D eigenvalue weighted by molar-refractivity contribution is 5.51. The maximum atomic E-state index is 13.4. The van der Waals surface area contributed by atoms with Gasteiger partial charge in [0.05, 0.1) is 17.1 Å². The molecule has 0 bridgehead atoms. The fraction of sp³-hybridized carbons (Fsp3) is 0.250. The van der Waals surface area contributed by atoms with Crippen LogP contribution in [0.1, 0.15) is 17.0 Å². The summed E-state index contributed by atoms with van der Waals surface area (Å²) in [6.07, 6.45) is 0. The lowest BCUT2D eigenvalue weighted by Gasteiger charge is -2.07. The molecule has 0 aliphatic rings. The molecule has 90 valence electrons. The third-order valence-corrected chi connectivity index (χ3v) is 2.60. The van der Waals surface area contributed by atoms with Gasteiger partial charge in [-0.25, -0.2) is 8.78 Å². The number of hydrogen-bond donors (Lipinski definition) is 2. The van der Waals surface area contributed by atoms with Crippen molar-refractivity contribution in [1.29, 1.82) is 0 Å². The topological polar surface area (TPSA) is 40.7 Å². The number of hydrogen-bond acceptors (Lipinski definition) is 2. The van der Waals surface area contributed by atoms with E-state index in [0.29, 0.717) is 12.1 Å². The second-order valence-electron chi connectivity index (χ2n) is 3.90. The number of aryl methyl sites for hydroxylation is 2. The molecule has 0 amide bonds. The quantitative estimate of drug-likeness (QED) is 0.861. The van der Waals surface area contributed by atoms with Gasteiger partial charge < -0.3 is 5.32 Å². The zero-order valence-corrected chi connectivity index (χ0v) is 9.64. The predicted molar refractivity (Wildman–Crippen MR) is 61.7 cm³/mol. The van der Waals surface area contributed by atoms with Crippen LogP contribution in [0.2, 0.25) is 0 Å². The number of rotatable bonds is 3. The fourth-order valence-electron chi connectivity index (χ4n) is 1.66. The molecule has 0 saturated carbocycles. The molecule has 0 radical (unpaired) electrons. The van der Waals surface area contributed by atoms with E-state index < -0.39 is 11.6 Å². The number of aromatic nitrogens is 2. The number of anilines is 1. The predicted octanol–water partition coefficient (Wildman–Crippen LogP) is 2.92. The van der Waals surface area contributed by atoms with Crippen LogP contribution in [0, 0.1) is 25.5 Å². The lowest BCUT2D eigenvalue weighted by molar-refractivity contribution is 0.574. The normalized spacial score (nSPS) is 10.6. The van der Waals surface area contributed by atoms with Crippen LogP contribution < -0.4 is 5.32 Å². The SMILES string of the molecule is Cc1n[nH]c(C)c1NCc1ccc(F)cc1F. The Kier molecular flexibility index (Phi) is 3.08. The highest BCUT2D eigenvalue weighted by Crippen LogP contribution is 2.18. The minimum atomic E-state index is -0.568. The highest BCUT2D eigenvalue weighted by atomic mass is 19.1. The molecule has 0 spiro atoms. The van der Waals surface area contributed by atoms with Gasteiger partial charge in [0, 0.05) is 18.2 Å². The van der Waals surface area contributed by atoms with Crippen molar-refractivity contribution in [3.63, 3.8) is 0 Å². The summed E-state index contributed by atoms with van der Waals surface area (Å²) in [5, 5.41) is 9.94. The fourth-order valence-corrected chi connectivity index (χ4v) is 1.66. The number of benzene rings is 1. The maximum Gasteiger partial charge on any atom is 0.131 e. The van der Waals surface area contributed by atoms with Gasteiger partial charge in [-0.2, -0.15) is 5.10 Å². The Bertz CT molecular complexity index is 515. The minimum absolute atomic E-state index is 0.299. The Labute approximate surface area is 97.9 Å². The molecule has 3 nitrogen and oxygen atoms in total. The van der Waals surface area contributed by atoms with Gasteiger partial charge in [-0.15, -0.1) is 0 Å². The van der Waals surface area contributed by atoms with Gasteiger partial charge in [-0.05, 0) is 19.9 Å². The molecule has 0 atom stereocenters. The van der Waals surface area contributed by atoms with Crippen LogP contribution in [0.25, 0.3) is 0 Å². The summed E-state index contributed by atoms with van der Waals surface area (Å²) in [4.78, 5) is 0. The molecule has 2 rings (SSSR count). The standard InChI is InChI=1S/C12H13F2N3/c1-7-12(8(2)17-16-7)15-6-9-3-4-10(13)5-11(9)14/h3-5,15H,6H2,1-2H3,(H,16,17). The van der Waals surface area contributed by atoms with Gasteiger partial charge in [0.2, 0.25) is 0 Å². The molecular weight excluding hydrogens is 224 g/mol. The third-order valence-electron chi connectivity index (χ3n) is 2.60. The van der Waals surface area contributed by atoms with Crippen molar-refractivity contribution in [3.8, 4) is 0 Å². The first-order valence-corrected chi connectivity index (χ1v) is 5.27. The molecule has 2 aromatic rings. The second kappa shape index (κ2) is 4.53. The van der Waals surface area contributed by atoms with E-state index in [1.807, 2.05) is 13.8 Å². The van der Waals surface area contributed by atoms with E-state index in [0.717, 1.165) is 23.1 Å². The molecule has 0 unspecified atom stereocenters. The number of nitrogens with zero attached hydrogens (tertiary/aromatic N) is 1. The van der Waals surface area contributed by atoms with E-state index >= 15 is 0 Å². The van der Waals surface area contributed by atoms with E-state index in [4.69, 9.17) is 0 Å². The lowest BCUT2D eigenvalue weighted by atomic mass is 10.2. The monoisotopic (exact) mass is 237 g/mol. The van der Waals surface area contributed by atoms with Crippen LogP contribution in [-0.4, -0.2) is 10.2 Å². The van der Waals surface area contributed by atoms with Crippen molar-refractivity contribution in [1.82, 2.24) is 10.2 Å². The largest absolute Gasteiger partial charge is 0.378 e. The van der Waals surface area contributed by atoms with Crippen LogP contribution in [0.4, 0.5) is 14.5 Å². The summed E-state index contributed by atoms with van der Waals surface area (Å²) >= 11 is 0. The first-order chi connectivity index (χ1) is 8.08. The highest BCUT2D eigenvalue weighted by Gasteiger charge is 2.08. The van der Waals surface area contributed by atoms with Gasteiger partial charge >= 0.3 is 0 Å². The Morgan fingerprint density at radius 3 is 2.65 bits per heavy atom. The van der Waals surface area contributed by atoms with E-state index in [9.17, 15) is 8.78 Å². The molecular formula is C12H13F2N3. The summed E-state index contributed by atoms with van der Waals surface area (Å²) in [6, 6.07) is 3.56. The second-order valence-corrected chi connectivity index (χ2v) is 3.90. The van der Waals surface area contributed by atoms with Crippen LogP contribution in [-0.2, 0) is 6.54 Å². The molecule has 2 N–H and O–H groups in total. The molecule has 1 heterocycles. The first-order valence-electron chi connectivity index (χ1n) is 5.27. The zero-order valence-electron chi connectivity index (χ0n) is 9.64. The number of nitrogens with one attached hydrogen (secondary N) is 2. The van der Waals surface area contributed by atoms with Gasteiger partial charge in [0.1, 0.15) is 11.6 Å². The maximum absolute atomic E-state index is 13.4. The lowest BCUT2D eigenvalue weighted by Crippen LogP contribution is -2.03. The molecule has 0 aliphatic carbocycles. The van der Waals surface area contributed by atoms with Crippen LogP contribution in [0.5, 0.6) is 0 Å². The van der Waals surface area contributed by atoms with Gasteiger partial charge in [-0.3, -0.25) is 5.10 Å². The summed E-state index contributed by atoms with van der Waals surface area (Å²) < 4.78 is 26.1. The van der Waals surface area contributed by atoms with E-state index in [2.05, 4.69) is 15.5 Å². The van der Waals surface area contributed by atoms with Crippen molar-refractivity contribution in [2.24, 2.45) is 0 Å². The number of H-pyrrole nitrogens is 1. The van der Waals surface area contributed by atoms with E-state index in [1.165, 1.54) is 12.1 Å². The summed E-state index contributed by atoms with van der Waals surface area (Å²) in [5.41, 5.74) is 3.00. The van der Waals surface area contributed by atoms with Crippen molar-refractivity contribution in [2.75, 3.05) is 5.32 Å². The van der Waals surface area contributed by atoms with Crippen LogP contribution >= 0.6 is 0 Å². The Morgan fingerprint density at radius 2 is 2.06 bits per heavy atom. The van der Waals surface area contributed by atoms with Crippen molar-refractivity contribution >= 4 is 5.69 Å². The summed E-state index contributed by atoms with van der Waals surface area (Å²) in [6.45, 7) is 4.03. The molecule has 5 heteroatoms.